The van der Waals surface area contributed by atoms with Gasteiger partial charge < -0.3 is 21.1 Å². The van der Waals surface area contributed by atoms with Gasteiger partial charge in [0, 0.05) is 23.9 Å². The highest BCUT2D eigenvalue weighted by Gasteiger charge is 2.36. The minimum absolute atomic E-state index is 0.0152. The SMILES string of the molecule is C=CCCC(CCC)CC(CCC)CCC(=C)C(=O)[C@@H](Cc1cc(Cl)c(N)c(C(F)(F)F)c1)CC(O)CC1CCC(N2CCc3cscc3NC2=O)CC1. The average Bonchev–Trinajstić information content (AvgIpc) is 3.50. The molecule has 300 valence electrons. The number of nitrogens with two attached hydrogens (primary N) is 1. The number of hydrogen-bond donors (Lipinski definition) is 3. The molecule has 11 heteroatoms. The third-order valence-electron chi connectivity index (χ3n) is 11.7. The van der Waals surface area contributed by atoms with Crippen LogP contribution < -0.4 is 11.1 Å². The molecule has 1 saturated carbocycles. The van der Waals surface area contributed by atoms with Crippen LogP contribution in [0.2, 0.25) is 5.02 Å². The summed E-state index contributed by atoms with van der Waals surface area (Å²) < 4.78 is 41.7. The van der Waals surface area contributed by atoms with E-state index in [1.807, 2.05) is 16.4 Å². The van der Waals surface area contributed by atoms with Crippen molar-refractivity contribution in [2.24, 2.45) is 23.7 Å². The number of anilines is 2. The molecule has 54 heavy (non-hydrogen) atoms. The number of nitrogen functional groups attached to an aromatic ring is 1. The van der Waals surface area contributed by atoms with E-state index in [0.717, 1.165) is 101 Å². The third kappa shape index (κ3) is 12.6. The maximum atomic E-state index is 14.1. The number of fused-ring (bicyclic) bond motifs is 1. The molecule has 1 aliphatic heterocycles. The average molecular weight is 792 g/mol. The van der Waals surface area contributed by atoms with Crippen LogP contribution in [0, 0.1) is 23.7 Å². The van der Waals surface area contributed by atoms with E-state index in [-0.39, 0.29) is 47.2 Å². The molecule has 0 radical (unpaired) electrons. The van der Waals surface area contributed by atoms with Gasteiger partial charge in [-0.3, -0.25) is 4.79 Å². The number of alkyl halides is 3. The normalized spacial score (nSPS) is 20.0. The van der Waals surface area contributed by atoms with Gasteiger partial charge in [-0.1, -0.05) is 63.8 Å². The smallest absolute Gasteiger partial charge is 0.397 e. The second kappa shape index (κ2) is 20.9. The van der Waals surface area contributed by atoms with Gasteiger partial charge in [-0.05, 0) is 135 Å². The van der Waals surface area contributed by atoms with Gasteiger partial charge in [-0.15, -0.1) is 17.9 Å². The number of benzene rings is 1. The molecular formula is C43H61ClF3N3O3S. The Balaban J connectivity index is 1.42. The maximum Gasteiger partial charge on any atom is 0.418 e. The van der Waals surface area contributed by atoms with E-state index in [9.17, 15) is 27.9 Å². The van der Waals surface area contributed by atoms with Gasteiger partial charge in [0.2, 0.25) is 0 Å². The highest BCUT2D eigenvalue weighted by molar-refractivity contribution is 7.08. The van der Waals surface area contributed by atoms with Crippen molar-refractivity contribution in [1.29, 1.82) is 0 Å². The van der Waals surface area contributed by atoms with Crippen LogP contribution in [0.1, 0.15) is 127 Å². The number of nitrogens with one attached hydrogen (secondary N) is 1. The molecule has 0 spiro atoms. The molecule has 0 saturated heterocycles. The van der Waals surface area contributed by atoms with E-state index in [2.05, 4.69) is 37.7 Å². The van der Waals surface area contributed by atoms with Crippen molar-refractivity contribution in [2.45, 2.75) is 141 Å². The third-order valence-corrected chi connectivity index (χ3v) is 12.8. The summed E-state index contributed by atoms with van der Waals surface area (Å²) in [5.74, 6) is 0.267. The standard InChI is InChI=1S/C43H61ClF3N3O3S/c1-5-8-11-29(9-6-2)20-30(10-7-3)13-12-28(4)41(52)34(21-32-23-37(43(45,46)47)40(48)38(44)24-32)25-36(51)22-31-14-16-35(17-15-31)50-19-18-33-26-54-27-39(33)49-42(50)53/h5,23-24,26-27,29-31,34-36,51H,1,4,6-22,25,48H2,2-3H3,(H,49,53)/t29?,30?,31?,34-,35?,36?/m0/s1. The second-order valence-electron chi connectivity index (χ2n) is 15.8. The van der Waals surface area contributed by atoms with E-state index in [1.165, 1.54) is 6.07 Å². The molecule has 2 heterocycles. The molecule has 4 rings (SSSR count). The fourth-order valence-electron chi connectivity index (χ4n) is 8.79. The van der Waals surface area contributed by atoms with Crippen LogP contribution in [0.3, 0.4) is 0 Å². The molecule has 6 nitrogen and oxygen atoms in total. The second-order valence-corrected chi connectivity index (χ2v) is 17.0. The Labute approximate surface area is 329 Å². The number of carbonyl (C=O) groups excluding carboxylic acids is 2. The van der Waals surface area contributed by atoms with Crippen molar-refractivity contribution in [3.63, 3.8) is 0 Å². The van der Waals surface area contributed by atoms with E-state index in [4.69, 9.17) is 17.3 Å². The number of thiophene rings is 1. The summed E-state index contributed by atoms with van der Waals surface area (Å²) in [5, 5.41) is 18.3. The van der Waals surface area contributed by atoms with Crippen molar-refractivity contribution in [2.75, 3.05) is 17.6 Å². The number of rotatable bonds is 21. The minimum atomic E-state index is -4.71. The fourth-order valence-corrected chi connectivity index (χ4v) is 9.86. The number of halogens is 4. The van der Waals surface area contributed by atoms with Crippen molar-refractivity contribution in [1.82, 2.24) is 4.90 Å². The summed E-state index contributed by atoms with van der Waals surface area (Å²) in [5.41, 5.74) is 6.91. The van der Waals surface area contributed by atoms with Crippen molar-refractivity contribution in [3.05, 3.63) is 69.4 Å². The summed E-state index contributed by atoms with van der Waals surface area (Å²) in [6.07, 6.45) is 10.0. The number of aliphatic hydroxyl groups is 1. The largest absolute Gasteiger partial charge is 0.418 e. The molecule has 3 unspecified atom stereocenters. The Kier molecular flexibility index (Phi) is 17.0. The van der Waals surface area contributed by atoms with Crippen LogP contribution in [0.5, 0.6) is 0 Å². The highest BCUT2D eigenvalue weighted by atomic mass is 35.5. The molecule has 2 amide bonds. The topological polar surface area (TPSA) is 95.7 Å². The van der Waals surface area contributed by atoms with E-state index in [0.29, 0.717) is 36.8 Å². The fraction of sp³-hybridized carbons (Fsp3) is 0.628. The van der Waals surface area contributed by atoms with E-state index < -0.39 is 29.4 Å². The zero-order chi connectivity index (χ0) is 39.4. The number of carbonyl (C=O) groups is 2. The molecule has 1 aromatic heterocycles. The lowest BCUT2D eigenvalue weighted by Crippen LogP contribution is -2.44. The van der Waals surface area contributed by atoms with E-state index >= 15 is 0 Å². The monoisotopic (exact) mass is 791 g/mol. The molecular weight excluding hydrogens is 731 g/mol. The zero-order valence-corrected chi connectivity index (χ0v) is 33.8. The Morgan fingerprint density at radius 2 is 1.78 bits per heavy atom. The highest BCUT2D eigenvalue weighted by Crippen LogP contribution is 2.40. The lowest BCUT2D eigenvalue weighted by molar-refractivity contribution is -0.137. The maximum absolute atomic E-state index is 14.1. The number of aliphatic hydroxyl groups excluding tert-OH is 1. The molecule has 1 aromatic carbocycles. The molecule has 1 fully saturated rings. The Hall–Kier alpha value is -2.82. The van der Waals surface area contributed by atoms with Gasteiger partial charge in [-0.2, -0.15) is 13.2 Å². The number of amides is 2. The van der Waals surface area contributed by atoms with Crippen molar-refractivity contribution in [3.8, 4) is 0 Å². The zero-order valence-electron chi connectivity index (χ0n) is 32.2. The summed E-state index contributed by atoms with van der Waals surface area (Å²) >= 11 is 7.78. The summed E-state index contributed by atoms with van der Waals surface area (Å²) in [7, 11) is 0. The first-order valence-electron chi connectivity index (χ1n) is 20.0. The quantitative estimate of drug-likeness (QED) is 0.0666. The predicted molar refractivity (Wildman–Crippen MR) is 217 cm³/mol. The molecule has 2 aliphatic rings. The Morgan fingerprint density at radius 3 is 2.43 bits per heavy atom. The molecule has 4 N–H and O–H groups in total. The number of Topliss-reactive ketones (excluding diaryl/α,β-unsaturated/α-hetero) is 1. The number of ketones is 1. The number of hydrogen-bond acceptors (Lipinski definition) is 5. The van der Waals surface area contributed by atoms with Crippen LogP contribution in [0.15, 0.2) is 47.7 Å². The van der Waals surface area contributed by atoms with Gasteiger partial charge in [0.05, 0.1) is 28.1 Å². The lowest BCUT2D eigenvalue weighted by Gasteiger charge is -2.37. The summed E-state index contributed by atoms with van der Waals surface area (Å²) in [6, 6.07) is 2.43. The first-order chi connectivity index (χ1) is 25.7. The number of allylic oxidation sites excluding steroid dienone is 2. The van der Waals surface area contributed by atoms with Gasteiger partial charge >= 0.3 is 12.2 Å². The van der Waals surface area contributed by atoms with Gasteiger partial charge in [0.25, 0.3) is 0 Å². The van der Waals surface area contributed by atoms with Crippen molar-refractivity contribution >= 4 is 46.1 Å². The van der Waals surface area contributed by atoms with E-state index in [1.54, 1.807) is 11.3 Å². The first-order valence-corrected chi connectivity index (χ1v) is 21.3. The van der Waals surface area contributed by atoms with Gasteiger partial charge in [0.15, 0.2) is 5.78 Å². The van der Waals surface area contributed by atoms with Crippen LogP contribution in [-0.2, 0) is 23.8 Å². The molecule has 2 aromatic rings. The Morgan fingerprint density at radius 1 is 1.09 bits per heavy atom. The lowest BCUT2D eigenvalue weighted by atomic mass is 9.78. The predicted octanol–water partition coefficient (Wildman–Crippen LogP) is 12.0. The van der Waals surface area contributed by atoms with Crippen LogP contribution in [-0.4, -0.2) is 40.5 Å². The summed E-state index contributed by atoms with van der Waals surface area (Å²) in [6.45, 7) is 13.1. The molecule has 0 bridgehead atoms. The first kappa shape index (κ1) is 43.9. The number of urea groups is 1. The molecule has 4 atom stereocenters. The minimum Gasteiger partial charge on any atom is -0.397 e. The number of nitrogens with zero attached hydrogens (tertiary/aromatic N) is 1. The van der Waals surface area contributed by atoms with Crippen LogP contribution in [0.4, 0.5) is 29.3 Å². The van der Waals surface area contributed by atoms with Crippen LogP contribution >= 0.6 is 22.9 Å². The van der Waals surface area contributed by atoms with Gasteiger partial charge in [0.1, 0.15) is 0 Å². The molecule has 1 aliphatic carbocycles. The Bertz CT molecular complexity index is 1550. The summed E-state index contributed by atoms with van der Waals surface area (Å²) in [4.78, 5) is 29.1. The van der Waals surface area contributed by atoms with Gasteiger partial charge in [-0.25, -0.2) is 4.79 Å². The van der Waals surface area contributed by atoms with Crippen molar-refractivity contribution < 1.29 is 27.9 Å². The van der Waals surface area contributed by atoms with Crippen LogP contribution in [0.25, 0.3) is 0 Å².